The number of nitrogens with two attached hydrogens (primary N) is 1. The van der Waals surface area contributed by atoms with Crippen LogP contribution in [0.25, 0.3) is 10.2 Å². The molecular weight excluding hydrogens is 452 g/mol. The molecule has 0 fully saturated rings. The zero-order chi connectivity index (χ0) is 23.0. The van der Waals surface area contributed by atoms with Crippen molar-refractivity contribution in [2.75, 3.05) is 7.05 Å². The van der Waals surface area contributed by atoms with Gasteiger partial charge in [0.2, 0.25) is 5.91 Å². The first-order valence-electron chi connectivity index (χ1n) is 10.1. The van der Waals surface area contributed by atoms with E-state index in [1.54, 1.807) is 19.2 Å². The highest BCUT2D eigenvalue weighted by Crippen LogP contribution is 2.36. The van der Waals surface area contributed by atoms with Crippen LogP contribution in [0.4, 0.5) is 0 Å². The van der Waals surface area contributed by atoms with Gasteiger partial charge < -0.3 is 26.0 Å². The molecule has 1 aliphatic rings. The number of hydrogen-bond donors (Lipinski definition) is 4. The zero-order valence-electron chi connectivity index (χ0n) is 17.3. The topological polar surface area (TPSA) is 129 Å². The minimum absolute atomic E-state index is 0.0499. The molecule has 0 spiro atoms. The third-order valence-corrected chi connectivity index (χ3v) is 6.94. The van der Waals surface area contributed by atoms with Crippen molar-refractivity contribution in [1.29, 1.82) is 0 Å². The van der Waals surface area contributed by atoms with E-state index < -0.39 is 24.0 Å². The molecule has 5 N–H and O–H groups in total. The second-order valence-corrected chi connectivity index (χ2v) is 9.60. The second kappa shape index (κ2) is 8.93. The van der Waals surface area contributed by atoms with Crippen LogP contribution in [-0.2, 0) is 16.0 Å². The van der Waals surface area contributed by atoms with Gasteiger partial charge in [-0.3, -0.25) is 14.4 Å². The van der Waals surface area contributed by atoms with Crippen LogP contribution >= 0.6 is 22.9 Å². The molecule has 3 amide bonds. The van der Waals surface area contributed by atoms with E-state index in [0.29, 0.717) is 16.5 Å². The Balaban J connectivity index is 1.55. The van der Waals surface area contributed by atoms with E-state index >= 15 is 0 Å². The van der Waals surface area contributed by atoms with Gasteiger partial charge in [0, 0.05) is 18.9 Å². The maximum atomic E-state index is 13.0. The molecule has 0 saturated heterocycles. The number of carbonyl (C=O) groups is 3. The molecule has 1 aliphatic carbocycles. The van der Waals surface area contributed by atoms with E-state index in [-0.39, 0.29) is 24.8 Å². The lowest BCUT2D eigenvalue weighted by molar-refractivity contribution is -0.142. The number of likely N-dealkylation sites (N-methyl/N-ethyl adjacent to an activating group) is 1. The Bertz CT molecular complexity index is 1160. The normalized spacial score (nSPS) is 18.3. The van der Waals surface area contributed by atoms with Gasteiger partial charge in [-0.2, -0.15) is 0 Å². The number of aromatic nitrogens is 1. The molecule has 0 saturated carbocycles. The Morgan fingerprint density at radius 1 is 1.34 bits per heavy atom. The van der Waals surface area contributed by atoms with E-state index in [1.807, 2.05) is 24.3 Å². The van der Waals surface area contributed by atoms with Gasteiger partial charge >= 0.3 is 0 Å². The molecule has 0 radical (unpaired) electrons. The summed E-state index contributed by atoms with van der Waals surface area (Å²) in [6, 6.07) is 10.3. The number of fused-ring (bicyclic) bond motifs is 2. The lowest BCUT2D eigenvalue weighted by Crippen LogP contribution is -2.47. The number of rotatable bonds is 7. The maximum Gasteiger partial charge on any atom is 0.268 e. The molecule has 10 heteroatoms. The van der Waals surface area contributed by atoms with Crippen LogP contribution in [0.2, 0.25) is 4.34 Å². The van der Waals surface area contributed by atoms with Crippen LogP contribution in [0.5, 0.6) is 0 Å². The van der Waals surface area contributed by atoms with Crippen LogP contribution in [-0.4, -0.2) is 51.9 Å². The average molecular weight is 475 g/mol. The van der Waals surface area contributed by atoms with Crippen molar-refractivity contribution in [2.45, 2.75) is 37.5 Å². The number of aliphatic hydroxyl groups is 1. The quantitative estimate of drug-likeness (QED) is 0.419. The van der Waals surface area contributed by atoms with Crippen molar-refractivity contribution in [1.82, 2.24) is 15.2 Å². The summed E-state index contributed by atoms with van der Waals surface area (Å²) >= 11 is 7.37. The van der Waals surface area contributed by atoms with Crippen LogP contribution < -0.4 is 11.1 Å². The fraction of sp³-hybridized carbons (Fsp3) is 0.318. The van der Waals surface area contributed by atoms with Crippen LogP contribution in [0.3, 0.4) is 0 Å². The van der Waals surface area contributed by atoms with Crippen LogP contribution in [0.15, 0.2) is 36.4 Å². The Hall–Kier alpha value is -2.88. The third kappa shape index (κ3) is 4.36. The molecule has 0 bridgehead atoms. The molecule has 2 heterocycles. The number of aliphatic hydroxyl groups excluding tert-OH is 1. The Kier molecular flexibility index (Phi) is 6.23. The number of hydrogen-bond acceptors (Lipinski definition) is 5. The number of carbonyl (C=O) groups excluding carboxylic acids is 3. The first-order chi connectivity index (χ1) is 15.2. The standard InChI is InChI=1S/C22H23ClN4O4S/c1-27(22(31)16(28)6-7-18(24)29)19-13-5-3-2-4-11(13)8-14(19)25-20(30)15-9-12-10-17(23)32-21(12)26-15/h2-5,9-10,14,16,19,26,28H,6-8H2,1H3,(H2,24,29)(H,25,30)/t14-,16+,19-/m1/s1. The molecule has 32 heavy (non-hydrogen) atoms. The number of aromatic amines is 1. The van der Waals surface area contributed by atoms with E-state index in [4.69, 9.17) is 17.3 Å². The number of nitrogens with zero attached hydrogens (tertiary/aromatic N) is 1. The Morgan fingerprint density at radius 2 is 2.09 bits per heavy atom. The number of amides is 3. The number of nitrogens with one attached hydrogen (secondary N) is 2. The summed E-state index contributed by atoms with van der Waals surface area (Å²) in [7, 11) is 1.59. The predicted octanol–water partition coefficient (Wildman–Crippen LogP) is 2.36. The van der Waals surface area contributed by atoms with Crippen molar-refractivity contribution in [3.63, 3.8) is 0 Å². The van der Waals surface area contributed by atoms with Crippen LogP contribution in [0, 0.1) is 0 Å². The lowest BCUT2D eigenvalue weighted by atomic mass is 10.0. The molecule has 168 valence electrons. The van der Waals surface area contributed by atoms with Gasteiger partial charge in [-0.15, -0.1) is 11.3 Å². The largest absolute Gasteiger partial charge is 0.383 e. The fourth-order valence-corrected chi connectivity index (χ4v) is 5.34. The number of halogens is 1. The Morgan fingerprint density at radius 3 is 2.81 bits per heavy atom. The van der Waals surface area contributed by atoms with Crippen molar-refractivity contribution in [3.05, 3.63) is 57.6 Å². The smallest absolute Gasteiger partial charge is 0.268 e. The highest BCUT2D eigenvalue weighted by molar-refractivity contribution is 7.22. The first kappa shape index (κ1) is 22.3. The SMILES string of the molecule is CN(C(=O)[C@@H](O)CCC(N)=O)[C@@H]1c2ccccc2C[C@H]1NC(=O)c1cc2cc(Cl)sc2[nH]1. The van der Waals surface area contributed by atoms with Crippen molar-refractivity contribution >= 4 is 50.9 Å². The molecule has 0 unspecified atom stereocenters. The van der Waals surface area contributed by atoms with Gasteiger partial charge in [-0.1, -0.05) is 35.9 Å². The monoisotopic (exact) mass is 474 g/mol. The summed E-state index contributed by atoms with van der Waals surface area (Å²) < 4.78 is 0.638. The summed E-state index contributed by atoms with van der Waals surface area (Å²) in [6.45, 7) is 0. The molecule has 0 aliphatic heterocycles. The number of H-pyrrole nitrogens is 1. The highest BCUT2D eigenvalue weighted by atomic mass is 35.5. The van der Waals surface area contributed by atoms with Crippen LogP contribution in [0.1, 0.15) is 40.5 Å². The average Bonchev–Trinajstić information content (AvgIpc) is 3.41. The van der Waals surface area contributed by atoms with Gasteiger partial charge in [-0.05, 0) is 36.1 Å². The van der Waals surface area contributed by atoms with E-state index in [9.17, 15) is 19.5 Å². The van der Waals surface area contributed by atoms with Crippen molar-refractivity contribution in [3.8, 4) is 0 Å². The number of benzene rings is 1. The molecule has 4 rings (SSSR count). The van der Waals surface area contributed by atoms with E-state index in [0.717, 1.165) is 21.3 Å². The number of thiophene rings is 1. The summed E-state index contributed by atoms with van der Waals surface area (Å²) in [6.07, 6.45) is -0.943. The summed E-state index contributed by atoms with van der Waals surface area (Å²) in [5.41, 5.74) is 7.47. The number of primary amides is 1. The third-order valence-electron chi connectivity index (χ3n) is 5.75. The first-order valence-corrected chi connectivity index (χ1v) is 11.3. The molecular formula is C22H23ClN4O4S. The molecule has 2 aromatic heterocycles. The van der Waals surface area contributed by atoms with Crippen molar-refractivity contribution < 1.29 is 19.5 Å². The minimum Gasteiger partial charge on any atom is -0.383 e. The van der Waals surface area contributed by atoms with Gasteiger partial charge in [0.25, 0.3) is 11.8 Å². The second-order valence-electron chi connectivity index (χ2n) is 7.92. The molecule has 1 aromatic carbocycles. The lowest BCUT2D eigenvalue weighted by Gasteiger charge is -2.32. The van der Waals surface area contributed by atoms with E-state index in [2.05, 4.69) is 10.3 Å². The summed E-state index contributed by atoms with van der Waals surface area (Å²) in [4.78, 5) is 42.2. The van der Waals surface area contributed by atoms with E-state index in [1.165, 1.54) is 16.2 Å². The van der Waals surface area contributed by atoms with Crippen molar-refractivity contribution in [2.24, 2.45) is 5.73 Å². The predicted molar refractivity (Wildman–Crippen MR) is 123 cm³/mol. The van der Waals surface area contributed by atoms with Gasteiger partial charge in [0.15, 0.2) is 0 Å². The minimum atomic E-state index is -1.35. The Labute approximate surface area is 193 Å². The van der Waals surface area contributed by atoms with Gasteiger partial charge in [0.1, 0.15) is 16.6 Å². The molecule has 3 atom stereocenters. The van der Waals surface area contributed by atoms with Gasteiger partial charge in [-0.25, -0.2) is 0 Å². The maximum absolute atomic E-state index is 13.0. The zero-order valence-corrected chi connectivity index (χ0v) is 18.9. The molecule has 3 aromatic rings. The fourth-order valence-electron chi connectivity index (χ4n) is 4.22. The summed E-state index contributed by atoms with van der Waals surface area (Å²) in [5, 5.41) is 14.2. The summed E-state index contributed by atoms with van der Waals surface area (Å²) in [5.74, 6) is -1.40. The highest BCUT2D eigenvalue weighted by Gasteiger charge is 2.39. The van der Waals surface area contributed by atoms with Gasteiger partial charge in [0.05, 0.1) is 16.4 Å². The molecule has 8 nitrogen and oxygen atoms in total.